The monoisotopic (exact) mass is 497 g/mol. The number of carbonyl (C=O) groups excluding carboxylic acids is 1. The molecule has 1 unspecified atom stereocenters. The van der Waals surface area contributed by atoms with Crippen LogP contribution in [0.3, 0.4) is 0 Å². The Bertz CT molecular complexity index is 771. The molecule has 3 aliphatic rings. The molecule has 2 heterocycles. The van der Waals surface area contributed by atoms with Gasteiger partial charge in [-0.3, -0.25) is 9.69 Å². The maximum atomic E-state index is 12.1. The first kappa shape index (κ1) is 19.5. The van der Waals surface area contributed by atoms with Crippen LogP contribution in [0, 0.1) is 5.92 Å². The quantitative estimate of drug-likeness (QED) is 0.513. The van der Waals surface area contributed by atoms with Gasteiger partial charge in [0.1, 0.15) is 5.75 Å². The van der Waals surface area contributed by atoms with Gasteiger partial charge in [0.15, 0.2) is 5.72 Å². The van der Waals surface area contributed by atoms with Gasteiger partial charge in [0.25, 0.3) is 0 Å². The molecule has 0 N–H and O–H groups in total. The molecule has 4 nitrogen and oxygen atoms in total. The zero-order valence-corrected chi connectivity index (χ0v) is 18.8. The Hall–Kier alpha value is -0.850. The van der Waals surface area contributed by atoms with Crippen molar-refractivity contribution in [3.63, 3.8) is 0 Å². The van der Waals surface area contributed by atoms with Gasteiger partial charge in [-0.05, 0) is 78.7 Å². The van der Waals surface area contributed by atoms with Crippen molar-refractivity contribution in [3.8, 4) is 5.75 Å². The van der Waals surface area contributed by atoms with Gasteiger partial charge in [-0.25, -0.2) is 0 Å². The minimum atomic E-state index is -0.360. The molecule has 2 fully saturated rings. The zero-order chi connectivity index (χ0) is 19.0. The summed E-state index contributed by atoms with van der Waals surface area (Å²) in [7, 11) is 0. The summed E-state index contributed by atoms with van der Waals surface area (Å²) in [5.74, 6) is 0.903. The second-order valence-corrected chi connectivity index (χ2v) is 9.35. The number of hydrogen-bond acceptors (Lipinski definition) is 4. The van der Waals surface area contributed by atoms with E-state index in [9.17, 15) is 4.79 Å². The minimum absolute atomic E-state index is 0.0205. The number of hydrogen-bond donors (Lipinski definition) is 0. The molecular formula is C21H25Br2NO3. The van der Waals surface area contributed by atoms with Gasteiger partial charge in [-0.2, -0.15) is 0 Å². The fourth-order valence-electron chi connectivity index (χ4n) is 4.65. The van der Waals surface area contributed by atoms with Gasteiger partial charge >= 0.3 is 5.97 Å². The average molecular weight is 499 g/mol. The minimum Gasteiger partial charge on any atom is -0.467 e. The van der Waals surface area contributed by atoms with Crippen LogP contribution in [0.5, 0.6) is 5.75 Å². The van der Waals surface area contributed by atoms with Crippen molar-refractivity contribution in [1.82, 2.24) is 4.90 Å². The Labute approximate surface area is 177 Å². The zero-order valence-electron chi connectivity index (χ0n) is 15.6. The fraction of sp³-hybridized carbons (Fsp3) is 0.571. The topological polar surface area (TPSA) is 38.8 Å². The first-order chi connectivity index (χ1) is 13.0. The molecule has 0 radical (unpaired) electrons. The Morgan fingerprint density at radius 1 is 1.30 bits per heavy atom. The molecule has 0 bridgehead atoms. The smallest absolute Gasteiger partial charge is 0.309 e. The summed E-state index contributed by atoms with van der Waals surface area (Å²) >= 11 is 7.26. The largest absolute Gasteiger partial charge is 0.467 e. The molecular weight excluding hydrogens is 474 g/mol. The first-order valence-corrected chi connectivity index (χ1v) is 11.4. The number of likely N-dealkylation sites (tertiary alicyclic amines) is 1. The lowest BCUT2D eigenvalue weighted by Gasteiger charge is -2.51. The van der Waals surface area contributed by atoms with Crippen molar-refractivity contribution < 1.29 is 14.3 Å². The van der Waals surface area contributed by atoms with E-state index in [1.165, 1.54) is 18.4 Å². The summed E-state index contributed by atoms with van der Waals surface area (Å²) in [6.45, 7) is 4.06. The Kier molecular flexibility index (Phi) is 5.68. The number of halogens is 2. The normalized spacial score (nSPS) is 25.8. The van der Waals surface area contributed by atoms with E-state index in [2.05, 4.69) is 48.9 Å². The fourth-order valence-corrected chi connectivity index (χ4v) is 5.99. The number of carbonyl (C=O) groups is 1. The van der Waals surface area contributed by atoms with Crippen molar-refractivity contribution >= 4 is 43.9 Å². The molecule has 1 atom stereocenters. The third-order valence-electron chi connectivity index (χ3n) is 5.98. The number of nitrogens with zero attached hydrogens (tertiary/aromatic N) is 1. The standard InChI is InChI=1S/C21H25Br2NO3/c1-2-26-20(25)14-6-9-24(10-7-14)21-8-4-3-5-16(21)11-15-12-17(22)13-18(23)19(15)27-21/h11-14H,2-10H2,1H3. The molecule has 1 aromatic carbocycles. The van der Waals surface area contributed by atoms with Crippen LogP contribution in [0.2, 0.25) is 0 Å². The van der Waals surface area contributed by atoms with E-state index in [4.69, 9.17) is 9.47 Å². The highest BCUT2D eigenvalue weighted by atomic mass is 79.9. The predicted octanol–water partition coefficient (Wildman–Crippen LogP) is 5.53. The van der Waals surface area contributed by atoms with E-state index >= 15 is 0 Å². The molecule has 2 aliphatic heterocycles. The summed E-state index contributed by atoms with van der Waals surface area (Å²) in [4.78, 5) is 14.6. The van der Waals surface area contributed by atoms with Crippen molar-refractivity contribution in [3.05, 3.63) is 32.2 Å². The molecule has 0 amide bonds. The van der Waals surface area contributed by atoms with Crippen LogP contribution < -0.4 is 4.74 Å². The van der Waals surface area contributed by atoms with Crippen molar-refractivity contribution in [2.24, 2.45) is 5.92 Å². The third-order valence-corrected chi connectivity index (χ3v) is 7.02. The van der Waals surface area contributed by atoms with Gasteiger partial charge in [0.2, 0.25) is 0 Å². The maximum Gasteiger partial charge on any atom is 0.309 e. The number of esters is 1. The SMILES string of the molecule is CCOC(=O)C1CCN(C23CCCCC2=Cc2cc(Br)cc(Br)c2O3)CC1. The molecule has 1 saturated heterocycles. The van der Waals surface area contributed by atoms with Gasteiger partial charge in [0, 0.05) is 29.5 Å². The molecule has 27 heavy (non-hydrogen) atoms. The predicted molar refractivity (Wildman–Crippen MR) is 113 cm³/mol. The van der Waals surface area contributed by atoms with Crippen LogP contribution >= 0.6 is 31.9 Å². The highest BCUT2D eigenvalue weighted by Crippen LogP contribution is 2.49. The summed E-state index contributed by atoms with van der Waals surface area (Å²) in [5, 5.41) is 0. The van der Waals surface area contributed by atoms with Crippen molar-refractivity contribution in [2.45, 2.75) is 51.2 Å². The van der Waals surface area contributed by atoms with E-state index in [-0.39, 0.29) is 17.6 Å². The van der Waals surface area contributed by atoms with Crippen LogP contribution in [-0.2, 0) is 9.53 Å². The summed E-state index contributed by atoms with van der Waals surface area (Å²) in [6, 6.07) is 4.17. The molecule has 1 aromatic rings. The molecule has 1 aliphatic carbocycles. The first-order valence-electron chi connectivity index (χ1n) is 9.84. The lowest BCUT2D eigenvalue weighted by atomic mass is 9.80. The number of benzene rings is 1. The van der Waals surface area contributed by atoms with Crippen LogP contribution in [0.1, 0.15) is 51.0 Å². The van der Waals surface area contributed by atoms with E-state index in [1.807, 2.05) is 13.0 Å². The van der Waals surface area contributed by atoms with Crippen LogP contribution in [0.4, 0.5) is 0 Å². The van der Waals surface area contributed by atoms with E-state index in [1.54, 1.807) is 0 Å². The van der Waals surface area contributed by atoms with E-state index < -0.39 is 0 Å². The number of rotatable bonds is 3. The van der Waals surface area contributed by atoms with Crippen molar-refractivity contribution in [2.75, 3.05) is 19.7 Å². The lowest BCUT2D eigenvalue weighted by molar-refractivity contribution is -0.152. The third kappa shape index (κ3) is 3.60. The highest BCUT2D eigenvalue weighted by Gasteiger charge is 2.48. The van der Waals surface area contributed by atoms with Crippen molar-refractivity contribution in [1.29, 1.82) is 0 Å². The molecule has 0 aromatic heterocycles. The molecule has 1 saturated carbocycles. The highest BCUT2D eigenvalue weighted by molar-refractivity contribution is 9.11. The molecule has 146 valence electrons. The molecule has 6 heteroatoms. The van der Waals surface area contributed by atoms with Gasteiger partial charge < -0.3 is 9.47 Å². The number of ether oxygens (including phenoxy) is 2. The maximum absolute atomic E-state index is 12.1. The second kappa shape index (κ2) is 7.88. The summed E-state index contributed by atoms with van der Waals surface area (Å²) in [6.07, 6.45) is 8.45. The Morgan fingerprint density at radius 2 is 2.07 bits per heavy atom. The van der Waals surface area contributed by atoms with Crippen LogP contribution in [0.15, 0.2) is 26.7 Å². The van der Waals surface area contributed by atoms with Crippen LogP contribution in [0.25, 0.3) is 6.08 Å². The van der Waals surface area contributed by atoms with Crippen LogP contribution in [-0.4, -0.2) is 36.3 Å². The molecule has 4 rings (SSSR count). The van der Waals surface area contributed by atoms with E-state index in [0.717, 1.165) is 59.0 Å². The number of fused-ring (bicyclic) bond motifs is 2. The van der Waals surface area contributed by atoms with Gasteiger partial charge in [-0.1, -0.05) is 15.9 Å². The second-order valence-electron chi connectivity index (χ2n) is 7.58. The lowest BCUT2D eigenvalue weighted by Crippen LogP contribution is -2.59. The molecule has 0 spiro atoms. The Balaban J connectivity index is 1.61. The summed E-state index contributed by atoms with van der Waals surface area (Å²) in [5.41, 5.74) is 2.15. The van der Waals surface area contributed by atoms with Gasteiger partial charge in [-0.15, -0.1) is 0 Å². The van der Waals surface area contributed by atoms with Gasteiger partial charge in [0.05, 0.1) is 17.0 Å². The van der Waals surface area contributed by atoms with E-state index in [0.29, 0.717) is 6.61 Å². The Morgan fingerprint density at radius 3 is 2.81 bits per heavy atom. The average Bonchev–Trinajstić information content (AvgIpc) is 2.67. The number of piperidine rings is 1. The summed E-state index contributed by atoms with van der Waals surface area (Å²) < 4.78 is 14.0.